The van der Waals surface area contributed by atoms with Gasteiger partial charge in [0.25, 0.3) is 10.0 Å². The largest absolute Gasteiger partial charge is 0.254 e. The molecule has 1 aliphatic carbocycles. The van der Waals surface area contributed by atoms with Crippen molar-refractivity contribution >= 4 is 10.0 Å². The van der Waals surface area contributed by atoms with Gasteiger partial charge < -0.3 is 0 Å². The van der Waals surface area contributed by atoms with E-state index in [2.05, 4.69) is 12.0 Å². The summed E-state index contributed by atoms with van der Waals surface area (Å²) in [5, 5.41) is 4.12. The van der Waals surface area contributed by atoms with E-state index < -0.39 is 10.0 Å². The second-order valence-corrected chi connectivity index (χ2v) is 7.14. The number of nitrogens with zero attached hydrogens (tertiary/aromatic N) is 2. The fourth-order valence-corrected chi connectivity index (χ4v) is 4.14. The van der Waals surface area contributed by atoms with Crippen LogP contribution >= 0.6 is 0 Å². The van der Waals surface area contributed by atoms with Gasteiger partial charge in [-0.1, -0.05) is 44.0 Å². The Balaban J connectivity index is 1.99. The van der Waals surface area contributed by atoms with E-state index in [0.29, 0.717) is 6.42 Å². The van der Waals surface area contributed by atoms with Crippen LogP contribution in [0.5, 0.6) is 0 Å². The average Bonchev–Trinajstić information content (AvgIpc) is 2.97. The molecule has 0 unspecified atom stereocenters. The van der Waals surface area contributed by atoms with E-state index in [9.17, 15) is 8.42 Å². The first kappa shape index (κ1) is 13.4. The highest BCUT2D eigenvalue weighted by atomic mass is 32.2. The topological polar surface area (TPSA) is 52.0 Å². The Labute approximate surface area is 119 Å². The number of aromatic nitrogens is 2. The summed E-state index contributed by atoms with van der Waals surface area (Å²) in [6.45, 7) is 2.06. The van der Waals surface area contributed by atoms with E-state index in [1.807, 2.05) is 24.3 Å². The summed E-state index contributed by atoms with van der Waals surface area (Å²) in [6, 6.07) is 7.94. The lowest BCUT2D eigenvalue weighted by molar-refractivity contribution is 0.576. The molecule has 0 atom stereocenters. The Morgan fingerprint density at radius 1 is 1.20 bits per heavy atom. The Hall–Kier alpha value is -1.62. The van der Waals surface area contributed by atoms with Crippen LogP contribution in [0.2, 0.25) is 0 Å². The molecular formula is C15H18N2O2S. The minimum atomic E-state index is -3.35. The molecule has 0 spiro atoms. The van der Waals surface area contributed by atoms with Crippen molar-refractivity contribution in [2.45, 2.75) is 32.6 Å². The summed E-state index contributed by atoms with van der Waals surface area (Å²) < 4.78 is 26.1. The monoisotopic (exact) mass is 290 g/mol. The first-order chi connectivity index (χ1) is 9.63. The summed E-state index contributed by atoms with van der Waals surface area (Å²) in [5.74, 6) is 0.164. The molecule has 0 radical (unpaired) electrons. The van der Waals surface area contributed by atoms with E-state index in [0.717, 1.165) is 36.1 Å². The van der Waals surface area contributed by atoms with Crippen molar-refractivity contribution in [1.82, 2.24) is 9.19 Å². The molecule has 4 nitrogen and oxygen atoms in total. The molecule has 2 aromatic rings. The standard InChI is InChI=1S/C15H18N2O2S/c1-2-3-6-9-20(18,19)17-15-13(11-16-17)10-12-7-4-5-8-14(12)15/h4-5,7-8,11H,2-3,6,9-10H2,1H3. The van der Waals surface area contributed by atoms with Crippen LogP contribution in [0.3, 0.4) is 0 Å². The Morgan fingerprint density at radius 2 is 2.00 bits per heavy atom. The quantitative estimate of drug-likeness (QED) is 0.679. The van der Waals surface area contributed by atoms with Crippen molar-refractivity contribution in [1.29, 1.82) is 0 Å². The van der Waals surface area contributed by atoms with Gasteiger partial charge in [-0.3, -0.25) is 0 Å². The van der Waals surface area contributed by atoms with Crippen LogP contribution in [0, 0.1) is 0 Å². The van der Waals surface area contributed by atoms with Crippen molar-refractivity contribution in [3.8, 4) is 11.3 Å². The zero-order valence-electron chi connectivity index (χ0n) is 11.5. The third-order valence-corrected chi connectivity index (χ3v) is 5.35. The van der Waals surface area contributed by atoms with Gasteiger partial charge >= 0.3 is 0 Å². The molecule has 0 fully saturated rings. The van der Waals surface area contributed by atoms with Crippen LogP contribution in [0.1, 0.15) is 37.3 Å². The SMILES string of the molecule is CCCCCS(=O)(=O)n1ncc2c1-c1ccccc1C2. The molecule has 1 aliphatic rings. The van der Waals surface area contributed by atoms with E-state index in [1.165, 1.54) is 9.65 Å². The number of unbranched alkanes of at least 4 members (excludes halogenated alkanes) is 2. The first-order valence-electron chi connectivity index (χ1n) is 7.02. The number of benzene rings is 1. The summed E-state index contributed by atoms with van der Waals surface area (Å²) in [4.78, 5) is 0. The predicted octanol–water partition coefficient (Wildman–Crippen LogP) is 2.82. The maximum atomic E-state index is 12.4. The van der Waals surface area contributed by atoms with Gasteiger partial charge in [-0.25, -0.2) is 8.42 Å². The van der Waals surface area contributed by atoms with Crippen LogP contribution in [0.25, 0.3) is 11.3 Å². The Bertz CT molecular complexity index is 732. The second kappa shape index (κ2) is 5.05. The lowest BCUT2D eigenvalue weighted by Crippen LogP contribution is -2.19. The average molecular weight is 290 g/mol. The molecule has 1 heterocycles. The zero-order valence-corrected chi connectivity index (χ0v) is 12.4. The Kier molecular flexibility index (Phi) is 3.38. The third kappa shape index (κ3) is 2.16. The molecule has 0 amide bonds. The lowest BCUT2D eigenvalue weighted by atomic mass is 10.1. The van der Waals surface area contributed by atoms with Crippen molar-refractivity contribution in [2.24, 2.45) is 0 Å². The zero-order chi connectivity index (χ0) is 14.2. The molecule has 5 heteroatoms. The van der Waals surface area contributed by atoms with Gasteiger partial charge in [-0.15, -0.1) is 0 Å². The molecule has 20 heavy (non-hydrogen) atoms. The van der Waals surface area contributed by atoms with E-state index >= 15 is 0 Å². The van der Waals surface area contributed by atoms with Gasteiger partial charge in [0.05, 0.1) is 17.6 Å². The van der Waals surface area contributed by atoms with Crippen LogP contribution in [-0.2, 0) is 16.4 Å². The normalized spacial score (nSPS) is 13.2. The highest BCUT2D eigenvalue weighted by Gasteiger charge is 2.28. The molecule has 0 saturated carbocycles. The summed E-state index contributed by atoms with van der Waals surface area (Å²) >= 11 is 0. The smallest absolute Gasteiger partial charge is 0.205 e. The molecule has 106 valence electrons. The minimum absolute atomic E-state index is 0.164. The van der Waals surface area contributed by atoms with Crippen molar-refractivity contribution in [3.05, 3.63) is 41.6 Å². The Morgan fingerprint density at radius 3 is 2.80 bits per heavy atom. The maximum absolute atomic E-state index is 12.4. The third-order valence-electron chi connectivity index (χ3n) is 3.74. The van der Waals surface area contributed by atoms with Crippen LogP contribution in [0.15, 0.2) is 30.5 Å². The molecule has 0 bridgehead atoms. The van der Waals surface area contributed by atoms with Gasteiger partial charge in [0.15, 0.2) is 0 Å². The second-order valence-electron chi connectivity index (χ2n) is 5.22. The molecule has 1 aromatic heterocycles. The number of hydrogen-bond donors (Lipinski definition) is 0. The fourth-order valence-electron chi connectivity index (χ4n) is 2.71. The summed E-state index contributed by atoms with van der Waals surface area (Å²) in [5.41, 5.74) is 3.94. The lowest BCUT2D eigenvalue weighted by Gasteiger charge is -2.08. The van der Waals surface area contributed by atoms with Gasteiger partial charge in [0.1, 0.15) is 0 Å². The van der Waals surface area contributed by atoms with E-state index in [1.54, 1.807) is 6.20 Å². The molecule has 0 N–H and O–H groups in total. The number of rotatable bonds is 5. The molecular weight excluding hydrogens is 272 g/mol. The predicted molar refractivity (Wildman–Crippen MR) is 79.2 cm³/mol. The van der Waals surface area contributed by atoms with Crippen molar-refractivity contribution in [2.75, 3.05) is 5.75 Å². The van der Waals surface area contributed by atoms with E-state index in [-0.39, 0.29) is 5.75 Å². The first-order valence-corrected chi connectivity index (χ1v) is 8.63. The van der Waals surface area contributed by atoms with Gasteiger partial charge in [-0.05, 0) is 12.0 Å². The highest BCUT2D eigenvalue weighted by Crippen LogP contribution is 2.36. The minimum Gasteiger partial charge on any atom is -0.205 e. The van der Waals surface area contributed by atoms with Crippen molar-refractivity contribution in [3.63, 3.8) is 0 Å². The molecule has 3 rings (SSSR count). The molecule has 0 aliphatic heterocycles. The van der Waals surface area contributed by atoms with Crippen LogP contribution < -0.4 is 0 Å². The summed E-state index contributed by atoms with van der Waals surface area (Å²) in [6.07, 6.45) is 5.09. The molecule has 1 aromatic carbocycles. The van der Waals surface area contributed by atoms with Crippen molar-refractivity contribution < 1.29 is 8.42 Å². The van der Waals surface area contributed by atoms with Gasteiger partial charge in [-0.2, -0.15) is 9.19 Å². The van der Waals surface area contributed by atoms with Crippen LogP contribution in [0.4, 0.5) is 0 Å². The fraction of sp³-hybridized carbons (Fsp3) is 0.400. The maximum Gasteiger partial charge on any atom is 0.254 e. The van der Waals surface area contributed by atoms with E-state index in [4.69, 9.17) is 0 Å². The number of hydrogen-bond acceptors (Lipinski definition) is 3. The molecule has 0 saturated heterocycles. The van der Waals surface area contributed by atoms with Gasteiger partial charge in [0.2, 0.25) is 0 Å². The summed E-state index contributed by atoms with van der Waals surface area (Å²) in [7, 11) is -3.35. The highest BCUT2D eigenvalue weighted by molar-refractivity contribution is 7.89. The number of fused-ring (bicyclic) bond motifs is 3. The van der Waals surface area contributed by atoms with Crippen LogP contribution in [-0.4, -0.2) is 23.4 Å². The van der Waals surface area contributed by atoms with Gasteiger partial charge in [0, 0.05) is 17.5 Å².